The van der Waals surface area contributed by atoms with Gasteiger partial charge in [0.2, 0.25) is 11.8 Å². The van der Waals surface area contributed by atoms with Crippen molar-refractivity contribution in [3.8, 4) is 0 Å². The lowest BCUT2D eigenvalue weighted by Gasteiger charge is -2.38. The van der Waals surface area contributed by atoms with Gasteiger partial charge in [0.25, 0.3) is 0 Å². The van der Waals surface area contributed by atoms with Crippen LogP contribution in [-0.4, -0.2) is 29.4 Å². The summed E-state index contributed by atoms with van der Waals surface area (Å²) in [6.07, 6.45) is 7.28. The smallest absolute Gasteiger partial charge is 0.250 e. The summed E-state index contributed by atoms with van der Waals surface area (Å²) in [5.74, 6) is 0.209. The molecule has 2 amide bonds. The molecule has 1 aliphatic carbocycles. The molecular weight excluding hydrogens is 266 g/mol. The van der Waals surface area contributed by atoms with Crippen LogP contribution in [-0.2, 0) is 9.59 Å². The molecule has 1 saturated heterocycles. The number of carbonyl (C=O) groups is 2. The van der Waals surface area contributed by atoms with Gasteiger partial charge in [-0.1, -0.05) is 19.3 Å². The summed E-state index contributed by atoms with van der Waals surface area (Å²) in [6, 6.07) is 3.29. The van der Waals surface area contributed by atoms with Gasteiger partial charge < -0.3 is 5.32 Å². The lowest BCUT2D eigenvalue weighted by Crippen LogP contribution is -2.61. The molecule has 1 saturated carbocycles. The summed E-state index contributed by atoms with van der Waals surface area (Å²) < 4.78 is 0. The average Bonchev–Trinajstić information content (AvgIpc) is 2.51. The number of aryl methyl sites for hydroxylation is 1. The molecular formula is C16H21N3O2. The maximum Gasteiger partial charge on any atom is 0.250 e. The van der Waals surface area contributed by atoms with Crippen LogP contribution in [0.5, 0.6) is 0 Å². The molecule has 0 radical (unpaired) electrons. The Labute approximate surface area is 124 Å². The number of hydrogen-bond acceptors (Lipinski definition) is 3. The Morgan fingerprint density at radius 2 is 2.00 bits per heavy atom. The molecule has 1 aliphatic heterocycles. The normalized spacial score (nSPS) is 24.0. The van der Waals surface area contributed by atoms with Crippen molar-refractivity contribution in [2.75, 3.05) is 11.4 Å². The van der Waals surface area contributed by atoms with Gasteiger partial charge in [-0.2, -0.15) is 0 Å². The van der Waals surface area contributed by atoms with Crippen molar-refractivity contribution in [3.05, 3.63) is 24.0 Å². The Bertz CT molecular complexity index is 552. The maximum atomic E-state index is 12.8. The van der Waals surface area contributed by atoms with E-state index in [1.54, 1.807) is 17.2 Å². The molecule has 1 unspecified atom stereocenters. The minimum Gasteiger partial charge on any atom is -0.342 e. The lowest BCUT2D eigenvalue weighted by atomic mass is 9.82. The van der Waals surface area contributed by atoms with E-state index in [1.807, 2.05) is 13.0 Å². The molecule has 2 aliphatic rings. The summed E-state index contributed by atoms with van der Waals surface area (Å²) in [5.41, 5.74) is 1.53. The number of pyridine rings is 1. The summed E-state index contributed by atoms with van der Waals surface area (Å²) >= 11 is 0. The predicted octanol–water partition coefficient (Wildman–Crippen LogP) is 1.80. The fourth-order valence-corrected chi connectivity index (χ4v) is 3.42. The average molecular weight is 287 g/mol. The van der Waals surface area contributed by atoms with Gasteiger partial charge in [-0.05, 0) is 37.8 Å². The van der Waals surface area contributed by atoms with E-state index in [4.69, 9.17) is 0 Å². The van der Waals surface area contributed by atoms with Crippen molar-refractivity contribution in [1.82, 2.24) is 10.3 Å². The molecule has 5 nitrogen and oxygen atoms in total. The van der Waals surface area contributed by atoms with Gasteiger partial charge in [0.05, 0.1) is 11.4 Å². The summed E-state index contributed by atoms with van der Waals surface area (Å²) in [6.45, 7) is 1.96. The van der Waals surface area contributed by atoms with E-state index in [1.165, 1.54) is 6.42 Å². The largest absolute Gasteiger partial charge is 0.342 e. The van der Waals surface area contributed by atoms with Crippen LogP contribution in [0, 0.1) is 12.8 Å². The summed E-state index contributed by atoms with van der Waals surface area (Å²) in [7, 11) is 0. The summed E-state index contributed by atoms with van der Waals surface area (Å²) in [4.78, 5) is 30.7. The molecule has 3 rings (SSSR count). The number of anilines is 1. The zero-order chi connectivity index (χ0) is 14.8. The van der Waals surface area contributed by atoms with E-state index in [0.29, 0.717) is 0 Å². The van der Waals surface area contributed by atoms with Crippen LogP contribution >= 0.6 is 0 Å². The standard InChI is InChI=1S/C16H21N3O2/c1-11-13(8-5-9-17-11)19-10-14(20)18-15(16(19)21)12-6-3-2-4-7-12/h5,8-9,12,15H,2-4,6-7,10H2,1H3,(H,18,20). The minimum absolute atomic E-state index is 0.0117. The number of carbonyl (C=O) groups excluding carboxylic acids is 2. The van der Waals surface area contributed by atoms with E-state index in [-0.39, 0.29) is 30.3 Å². The quantitative estimate of drug-likeness (QED) is 0.902. The Balaban J connectivity index is 1.86. The predicted molar refractivity (Wildman–Crippen MR) is 79.8 cm³/mol. The van der Waals surface area contributed by atoms with E-state index in [0.717, 1.165) is 37.1 Å². The maximum absolute atomic E-state index is 12.8. The first kappa shape index (κ1) is 14.0. The second-order valence-corrected chi connectivity index (χ2v) is 5.98. The van der Waals surface area contributed by atoms with Crippen LogP contribution in [0.4, 0.5) is 5.69 Å². The van der Waals surface area contributed by atoms with Crippen LogP contribution in [0.2, 0.25) is 0 Å². The van der Waals surface area contributed by atoms with E-state index in [9.17, 15) is 9.59 Å². The molecule has 2 heterocycles. The molecule has 0 bridgehead atoms. The molecule has 112 valence electrons. The number of nitrogens with one attached hydrogen (secondary N) is 1. The number of nitrogens with zero attached hydrogens (tertiary/aromatic N) is 2. The van der Waals surface area contributed by atoms with Gasteiger partial charge in [0.1, 0.15) is 12.6 Å². The number of amides is 2. The van der Waals surface area contributed by atoms with Gasteiger partial charge in [-0.15, -0.1) is 0 Å². The summed E-state index contributed by atoms with van der Waals surface area (Å²) in [5, 5.41) is 2.90. The number of hydrogen-bond donors (Lipinski definition) is 1. The third kappa shape index (κ3) is 2.77. The number of piperazine rings is 1. The molecule has 2 fully saturated rings. The molecule has 1 aromatic heterocycles. The van der Waals surface area contributed by atoms with E-state index in [2.05, 4.69) is 10.3 Å². The first-order valence-corrected chi connectivity index (χ1v) is 7.69. The van der Waals surface area contributed by atoms with Crippen molar-refractivity contribution in [3.63, 3.8) is 0 Å². The molecule has 0 aromatic carbocycles. The minimum atomic E-state index is -0.369. The Morgan fingerprint density at radius 3 is 2.71 bits per heavy atom. The first-order valence-electron chi connectivity index (χ1n) is 7.69. The van der Waals surface area contributed by atoms with Crippen LogP contribution in [0.3, 0.4) is 0 Å². The molecule has 1 aromatic rings. The Morgan fingerprint density at radius 1 is 1.24 bits per heavy atom. The third-order valence-corrected chi connectivity index (χ3v) is 4.54. The first-order chi connectivity index (χ1) is 10.2. The molecule has 21 heavy (non-hydrogen) atoms. The van der Waals surface area contributed by atoms with Crippen molar-refractivity contribution >= 4 is 17.5 Å². The van der Waals surface area contributed by atoms with Crippen molar-refractivity contribution in [1.29, 1.82) is 0 Å². The van der Waals surface area contributed by atoms with E-state index >= 15 is 0 Å². The van der Waals surface area contributed by atoms with Crippen LogP contribution in [0.25, 0.3) is 0 Å². The van der Waals surface area contributed by atoms with Gasteiger partial charge in [-0.25, -0.2) is 0 Å². The fraction of sp³-hybridized carbons (Fsp3) is 0.562. The van der Waals surface area contributed by atoms with E-state index < -0.39 is 0 Å². The monoisotopic (exact) mass is 287 g/mol. The zero-order valence-electron chi connectivity index (χ0n) is 12.3. The van der Waals surface area contributed by atoms with Gasteiger partial charge in [0, 0.05) is 6.20 Å². The highest BCUT2D eigenvalue weighted by molar-refractivity contribution is 6.07. The van der Waals surface area contributed by atoms with Gasteiger partial charge in [-0.3, -0.25) is 19.5 Å². The van der Waals surface area contributed by atoms with Gasteiger partial charge in [0.15, 0.2) is 0 Å². The molecule has 5 heteroatoms. The lowest BCUT2D eigenvalue weighted by molar-refractivity contribution is -0.132. The Hall–Kier alpha value is -1.91. The molecule has 1 atom stereocenters. The zero-order valence-corrected chi connectivity index (χ0v) is 12.3. The highest BCUT2D eigenvalue weighted by Crippen LogP contribution is 2.30. The Kier molecular flexibility index (Phi) is 3.90. The fourth-order valence-electron chi connectivity index (χ4n) is 3.42. The van der Waals surface area contributed by atoms with Crippen LogP contribution in [0.15, 0.2) is 18.3 Å². The second-order valence-electron chi connectivity index (χ2n) is 5.98. The van der Waals surface area contributed by atoms with Crippen molar-refractivity contribution in [2.24, 2.45) is 5.92 Å². The second kappa shape index (κ2) is 5.84. The number of rotatable bonds is 2. The third-order valence-electron chi connectivity index (χ3n) is 4.54. The van der Waals surface area contributed by atoms with Crippen LogP contribution in [0.1, 0.15) is 37.8 Å². The van der Waals surface area contributed by atoms with Gasteiger partial charge >= 0.3 is 0 Å². The van der Waals surface area contributed by atoms with Crippen molar-refractivity contribution < 1.29 is 9.59 Å². The molecule has 1 N–H and O–H groups in total. The SMILES string of the molecule is Cc1ncccc1N1CC(=O)NC(C2CCCCC2)C1=O. The van der Waals surface area contributed by atoms with Crippen molar-refractivity contribution in [2.45, 2.75) is 45.1 Å². The molecule has 0 spiro atoms. The topological polar surface area (TPSA) is 62.3 Å². The number of aromatic nitrogens is 1. The highest BCUT2D eigenvalue weighted by atomic mass is 16.2. The van der Waals surface area contributed by atoms with Crippen LogP contribution < -0.4 is 10.2 Å². The highest BCUT2D eigenvalue weighted by Gasteiger charge is 2.39.